The van der Waals surface area contributed by atoms with Gasteiger partial charge in [-0.15, -0.1) is 0 Å². The monoisotopic (exact) mass is 386 g/mol. The first-order chi connectivity index (χ1) is 13.5. The number of nitro groups is 1. The zero-order valence-electron chi connectivity index (χ0n) is 15.6. The average molecular weight is 386 g/mol. The molecule has 0 bridgehead atoms. The van der Waals surface area contributed by atoms with E-state index in [0.29, 0.717) is 37.7 Å². The predicted octanol–water partition coefficient (Wildman–Crippen LogP) is 2.98. The molecule has 0 spiro atoms. The molecule has 0 N–H and O–H groups in total. The maximum atomic E-state index is 12.2. The van der Waals surface area contributed by atoms with Crippen molar-refractivity contribution in [1.82, 2.24) is 0 Å². The number of carbonyl (C=O) groups is 1. The van der Waals surface area contributed by atoms with Gasteiger partial charge >= 0.3 is 5.97 Å². The number of aryl methyl sites for hydroxylation is 1. The molecule has 1 saturated heterocycles. The lowest BCUT2D eigenvalue weighted by Crippen LogP contribution is -2.36. The maximum absolute atomic E-state index is 12.2. The van der Waals surface area contributed by atoms with Crippen LogP contribution in [0.1, 0.15) is 15.9 Å². The van der Waals surface area contributed by atoms with Crippen molar-refractivity contribution >= 4 is 17.3 Å². The van der Waals surface area contributed by atoms with Gasteiger partial charge in [0.05, 0.1) is 23.7 Å². The zero-order valence-corrected chi connectivity index (χ0v) is 15.6. The van der Waals surface area contributed by atoms with Crippen LogP contribution in [-0.2, 0) is 9.47 Å². The molecule has 2 aromatic carbocycles. The van der Waals surface area contributed by atoms with Crippen LogP contribution in [0.15, 0.2) is 42.5 Å². The molecule has 0 saturated carbocycles. The van der Waals surface area contributed by atoms with Crippen molar-refractivity contribution in [2.24, 2.45) is 0 Å². The van der Waals surface area contributed by atoms with Gasteiger partial charge in [-0.2, -0.15) is 0 Å². The van der Waals surface area contributed by atoms with Crippen LogP contribution in [0.4, 0.5) is 11.4 Å². The number of hydrogen-bond donors (Lipinski definition) is 0. The van der Waals surface area contributed by atoms with E-state index in [0.717, 1.165) is 5.56 Å². The molecule has 0 amide bonds. The van der Waals surface area contributed by atoms with Crippen LogP contribution in [0, 0.1) is 17.0 Å². The smallest absolute Gasteiger partial charge is 0.338 e. The summed E-state index contributed by atoms with van der Waals surface area (Å²) in [5.41, 5.74) is 1.62. The molecule has 0 aromatic heterocycles. The van der Waals surface area contributed by atoms with Gasteiger partial charge in [-0.25, -0.2) is 4.79 Å². The Hall–Kier alpha value is -3.13. The average Bonchev–Trinajstić information content (AvgIpc) is 2.72. The summed E-state index contributed by atoms with van der Waals surface area (Å²) in [5.74, 6) is 0.0660. The van der Waals surface area contributed by atoms with E-state index in [1.165, 1.54) is 6.07 Å². The second-order valence-corrected chi connectivity index (χ2v) is 6.36. The molecular formula is C20H22N2O6. The summed E-state index contributed by atoms with van der Waals surface area (Å²) in [7, 11) is 0. The Morgan fingerprint density at radius 1 is 1.14 bits per heavy atom. The minimum atomic E-state index is -0.621. The largest absolute Gasteiger partial charge is 0.490 e. The number of benzene rings is 2. The van der Waals surface area contributed by atoms with Gasteiger partial charge in [0.2, 0.25) is 0 Å². The van der Waals surface area contributed by atoms with E-state index in [-0.39, 0.29) is 24.5 Å². The lowest BCUT2D eigenvalue weighted by atomic mass is 10.1. The molecule has 28 heavy (non-hydrogen) atoms. The number of carbonyl (C=O) groups excluding carboxylic acids is 1. The van der Waals surface area contributed by atoms with Crippen molar-refractivity contribution < 1.29 is 23.9 Å². The van der Waals surface area contributed by atoms with Crippen LogP contribution >= 0.6 is 0 Å². The number of esters is 1. The van der Waals surface area contributed by atoms with Gasteiger partial charge in [-0.3, -0.25) is 10.1 Å². The van der Waals surface area contributed by atoms with Gasteiger partial charge in [-0.1, -0.05) is 17.7 Å². The molecule has 8 heteroatoms. The van der Waals surface area contributed by atoms with Crippen LogP contribution in [0.5, 0.6) is 5.75 Å². The van der Waals surface area contributed by atoms with Crippen molar-refractivity contribution in [3.8, 4) is 5.75 Å². The highest BCUT2D eigenvalue weighted by molar-refractivity contribution is 5.91. The molecule has 1 aliphatic heterocycles. The van der Waals surface area contributed by atoms with E-state index in [1.807, 2.05) is 36.1 Å². The fourth-order valence-corrected chi connectivity index (χ4v) is 2.88. The summed E-state index contributed by atoms with van der Waals surface area (Å²) in [5, 5.41) is 11.5. The van der Waals surface area contributed by atoms with Crippen LogP contribution in [-0.4, -0.2) is 50.4 Å². The second-order valence-electron chi connectivity index (χ2n) is 6.36. The molecule has 1 aliphatic rings. The number of morpholine rings is 1. The third kappa shape index (κ3) is 4.98. The van der Waals surface area contributed by atoms with E-state index in [9.17, 15) is 14.9 Å². The van der Waals surface area contributed by atoms with Crippen LogP contribution in [0.2, 0.25) is 0 Å². The molecule has 1 fully saturated rings. The van der Waals surface area contributed by atoms with Crippen molar-refractivity contribution in [2.75, 3.05) is 44.4 Å². The van der Waals surface area contributed by atoms with Gasteiger partial charge in [0.1, 0.15) is 24.7 Å². The minimum absolute atomic E-state index is 0.0473. The van der Waals surface area contributed by atoms with Gasteiger partial charge in [0.25, 0.3) is 5.69 Å². The topological polar surface area (TPSA) is 91.1 Å². The lowest BCUT2D eigenvalue weighted by Gasteiger charge is -2.28. The van der Waals surface area contributed by atoms with Crippen molar-refractivity contribution in [2.45, 2.75) is 6.92 Å². The van der Waals surface area contributed by atoms with Gasteiger partial charge in [-0.05, 0) is 31.2 Å². The third-order valence-corrected chi connectivity index (χ3v) is 4.37. The fraction of sp³-hybridized carbons (Fsp3) is 0.350. The summed E-state index contributed by atoms with van der Waals surface area (Å²) in [6, 6.07) is 11.9. The maximum Gasteiger partial charge on any atom is 0.338 e. The second kappa shape index (κ2) is 9.18. The van der Waals surface area contributed by atoms with E-state index < -0.39 is 10.9 Å². The molecule has 2 aromatic rings. The third-order valence-electron chi connectivity index (χ3n) is 4.37. The van der Waals surface area contributed by atoms with Crippen LogP contribution in [0.3, 0.4) is 0 Å². The fourth-order valence-electron chi connectivity index (χ4n) is 2.88. The Morgan fingerprint density at radius 2 is 1.86 bits per heavy atom. The Kier molecular flexibility index (Phi) is 6.44. The summed E-state index contributed by atoms with van der Waals surface area (Å²) >= 11 is 0. The molecule has 148 valence electrons. The van der Waals surface area contributed by atoms with E-state index >= 15 is 0 Å². The van der Waals surface area contributed by atoms with Gasteiger partial charge < -0.3 is 19.1 Å². The number of nitro benzene ring substituents is 1. The van der Waals surface area contributed by atoms with Crippen molar-refractivity contribution in [3.05, 3.63) is 63.7 Å². The zero-order chi connectivity index (χ0) is 19.9. The Morgan fingerprint density at radius 3 is 2.54 bits per heavy atom. The number of ether oxygens (including phenoxy) is 3. The molecule has 1 heterocycles. The van der Waals surface area contributed by atoms with E-state index in [2.05, 4.69) is 0 Å². The van der Waals surface area contributed by atoms with Crippen LogP contribution in [0.25, 0.3) is 0 Å². The van der Waals surface area contributed by atoms with Gasteiger partial charge in [0, 0.05) is 19.2 Å². The van der Waals surface area contributed by atoms with E-state index in [4.69, 9.17) is 14.2 Å². The molecule has 0 atom stereocenters. The summed E-state index contributed by atoms with van der Waals surface area (Å²) < 4.78 is 16.0. The molecule has 0 aliphatic carbocycles. The number of anilines is 1. The normalized spacial score (nSPS) is 13.8. The SMILES string of the molecule is Cc1ccc(OCCOC(=O)c2ccc(N3CCOCC3)c([N+](=O)[O-])c2)cc1. The first-order valence-corrected chi connectivity index (χ1v) is 9.02. The van der Waals surface area contributed by atoms with Crippen LogP contribution < -0.4 is 9.64 Å². The number of hydrogen-bond acceptors (Lipinski definition) is 7. The van der Waals surface area contributed by atoms with E-state index in [1.54, 1.807) is 12.1 Å². The number of nitrogens with zero attached hydrogens (tertiary/aromatic N) is 2. The Labute approximate surface area is 162 Å². The standard InChI is InChI=1S/C20H22N2O6/c1-15-2-5-17(6-3-15)27-12-13-28-20(23)16-4-7-18(19(14-16)22(24)25)21-8-10-26-11-9-21/h2-7,14H,8-13H2,1H3. The molecule has 8 nitrogen and oxygen atoms in total. The van der Waals surface area contributed by atoms with Crippen molar-refractivity contribution in [1.29, 1.82) is 0 Å². The first kappa shape index (κ1) is 19.6. The quantitative estimate of drug-likeness (QED) is 0.313. The highest BCUT2D eigenvalue weighted by Gasteiger charge is 2.23. The molecule has 0 radical (unpaired) electrons. The molecule has 3 rings (SSSR count). The molecule has 0 unspecified atom stereocenters. The first-order valence-electron chi connectivity index (χ1n) is 9.02. The lowest BCUT2D eigenvalue weighted by molar-refractivity contribution is -0.384. The highest BCUT2D eigenvalue weighted by atomic mass is 16.6. The summed E-state index contributed by atoms with van der Waals surface area (Å²) in [6.07, 6.45) is 0. The van der Waals surface area contributed by atoms with Gasteiger partial charge in [0.15, 0.2) is 0 Å². The summed E-state index contributed by atoms with van der Waals surface area (Å²) in [6.45, 7) is 4.40. The minimum Gasteiger partial charge on any atom is -0.490 e. The molecular weight excluding hydrogens is 364 g/mol. The van der Waals surface area contributed by atoms with Crippen molar-refractivity contribution in [3.63, 3.8) is 0 Å². The summed E-state index contributed by atoms with van der Waals surface area (Å²) in [4.78, 5) is 25.1. The predicted molar refractivity (Wildman–Crippen MR) is 103 cm³/mol. The Balaban J connectivity index is 1.59. The number of rotatable bonds is 7. The Bertz CT molecular complexity index is 831. The highest BCUT2D eigenvalue weighted by Crippen LogP contribution is 2.30.